The van der Waals surface area contributed by atoms with Gasteiger partial charge in [-0.15, -0.1) is 0 Å². The molecule has 0 amide bonds. The number of aryl methyl sites for hydroxylation is 1. The van der Waals surface area contributed by atoms with Gasteiger partial charge in [0, 0.05) is 24.4 Å². The summed E-state index contributed by atoms with van der Waals surface area (Å²) in [4.78, 5) is 15.9. The Morgan fingerprint density at radius 1 is 1.28 bits per heavy atom. The molecule has 3 rings (SSSR count). The number of carbonyl (C=O) groups excluding carboxylic acids is 1. The zero-order chi connectivity index (χ0) is 18.0. The Hall–Kier alpha value is -3.66. The number of nitrogens with zero attached hydrogens (tertiary/aromatic N) is 4. The molecule has 7 nitrogen and oxygen atoms in total. The summed E-state index contributed by atoms with van der Waals surface area (Å²) in [5, 5.41) is 13.6. The van der Waals surface area contributed by atoms with Crippen LogP contribution in [0.5, 0.6) is 0 Å². The summed E-state index contributed by atoms with van der Waals surface area (Å²) >= 11 is 0. The van der Waals surface area contributed by atoms with Crippen LogP contribution in [0.15, 0.2) is 42.6 Å². The van der Waals surface area contributed by atoms with Gasteiger partial charge in [-0.3, -0.25) is 4.68 Å². The highest BCUT2D eigenvalue weighted by Gasteiger charge is 2.16. The third kappa shape index (κ3) is 2.93. The van der Waals surface area contributed by atoms with Crippen molar-refractivity contribution in [2.24, 2.45) is 7.05 Å². The largest absolute Gasteiger partial charge is 0.465 e. The normalized spacial score (nSPS) is 10.3. The Labute approximate surface area is 144 Å². The van der Waals surface area contributed by atoms with E-state index in [0.29, 0.717) is 22.4 Å². The predicted molar refractivity (Wildman–Crippen MR) is 92.3 cm³/mol. The molecule has 0 saturated heterocycles. The molecule has 0 aliphatic rings. The first-order valence-electron chi connectivity index (χ1n) is 7.43. The van der Waals surface area contributed by atoms with Crippen LogP contribution < -0.4 is 5.73 Å². The molecule has 0 radical (unpaired) electrons. The molecule has 1 aromatic carbocycles. The van der Waals surface area contributed by atoms with Gasteiger partial charge in [0.25, 0.3) is 0 Å². The molecule has 0 aliphatic carbocycles. The van der Waals surface area contributed by atoms with E-state index in [0.717, 1.165) is 11.3 Å². The Morgan fingerprint density at radius 3 is 2.56 bits per heavy atom. The number of nitriles is 1. The molecule has 0 saturated carbocycles. The molecule has 0 bridgehead atoms. The van der Waals surface area contributed by atoms with Crippen molar-refractivity contribution in [1.29, 1.82) is 5.26 Å². The second-order valence-corrected chi connectivity index (χ2v) is 5.34. The molecule has 25 heavy (non-hydrogen) atoms. The Morgan fingerprint density at radius 2 is 2.00 bits per heavy atom. The lowest BCUT2D eigenvalue weighted by Crippen LogP contribution is -2.03. The van der Waals surface area contributed by atoms with Crippen LogP contribution in [-0.4, -0.2) is 27.8 Å². The van der Waals surface area contributed by atoms with Crippen molar-refractivity contribution in [3.63, 3.8) is 0 Å². The number of hydrogen-bond acceptors (Lipinski definition) is 6. The summed E-state index contributed by atoms with van der Waals surface area (Å²) in [7, 11) is 3.12. The second kappa shape index (κ2) is 6.45. The van der Waals surface area contributed by atoms with Crippen LogP contribution in [0, 0.1) is 11.3 Å². The van der Waals surface area contributed by atoms with Crippen molar-refractivity contribution >= 4 is 11.8 Å². The number of nitrogens with two attached hydrogens (primary N) is 1. The first-order chi connectivity index (χ1) is 12.0. The number of esters is 1. The van der Waals surface area contributed by atoms with Crippen LogP contribution in [0.2, 0.25) is 0 Å². The van der Waals surface area contributed by atoms with Gasteiger partial charge in [0.1, 0.15) is 17.5 Å². The topological polar surface area (TPSA) is 107 Å². The number of ether oxygens (including phenoxy) is 1. The van der Waals surface area contributed by atoms with Crippen molar-refractivity contribution in [2.75, 3.05) is 12.8 Å². The third-order valence-electron chi connectivity index (χ3n) is 3.86. The van der Waals surface area contributed by atoms with Gasteiger partial charge in [-0.05, 0) is 24.3 Å². The molecule has 2 N–H and O–H groups in total. The maximum atomic E-state index is 11.5. The van der Waals surface area contributed by atoms with Gasteiger partial charge < -0.3 is 10.5 Å². The van der Waals surface area contributed by atoms with Crippen molar-refractivity contribution in [1.82, 2.24) is 14.8 Å². The minimum atomic E-state index is -0.408. The average molecular weight is 333 g/mol. The standard InChI is InChI=1S/C18H15N5O2/c1-23-16(7-8-21-23)13-9-15(22-17(20)14(13)10-19)11-3-5-12(6-4-11)18(24)25-2/h3-9H,1-2H3,(H2,20,22). The number of benzene rings is 1. The minimum absolute atomic E-state index is 0.147. The van der Waals surface area contributed by atoms with Crippen LogP contribution in [-0.2, 0) is 11.8 Å². The van der Waals surface area contributed by atoms with Gasteiger partial charge in [-0.1, -0.05) is 12.1 Å². The van der Waals surface area contributed by atoms with Crippen LogP contribution >= 0.6 is 0 Å². The summed E-state index contributed by atoms with van der Waals surface area (Å²) in [6.45, 7) is 0. The highest BCUT2D eigenvalue weighted by atomic mass is 16.5. The average Bonchev–Trinajstić information content (AvgIpc) is 3.06. The second-order valence-electron chi connectivity index (χ2n) is 5.34. The molecule has 0 atom stereocenters. The molecule has 3 aromatic rings. The van der Waals surface area contributed by atoms with Gasteiger partial charge in [0.2, 0.25) is 0 Å². The molecule has 2 aromatic heterocycles. The van der Waals surface area contributed by atoms with Crippen molar-refractivity contribution in [2.45, 2.75) is 0 Å². The first-order valence-corrected chi connectivity index (χ1v) is 7.43. The lowest BCUT2D eigenvalue weighted by Gasteiger charge is -2.10. The third-order valence-corrected chi connectivity index (χ3v) is 3.86. The van der Waals surface area contributed by atoms with Crippen LogP contribution in [0.3, 0.4) is 0 Å². The summed E-state index contributed by atoms with van der Waals surface area (Å²) in [6.07, 6.45) is 1.65. The maximum absolute atomic E-state index is 11.5. The number of aromatic nitrogens is 3. The summed E-state index contributed by atoms with van der Waals surface area (Å²) < 4.78 is 6.36. The van der Waals surface area contributed by atoms with Crippen LogP contribution in [0.4, 0.5) is 5.82 Å². The molecule has 7 heteroatoms. The molecule has 0 unspecified atom stereocenters. The van der Waals surface area contributed by atoms with Crippen molar-refractivity contribution in [3.8, 4) is 28.6 Å². The summed E-state index contributed by atoms with van der Waals surface area (Å²) in [5.74, 6) is -0.261. The van der Waals surface area contributed by atoms with E-state index in [1.54, 1.807) is 54.3 Å². The lowest BCUT2D eigenvalue weighted by molar-refractivity contribution is 0.0601. The van der Waals surface area contributed by atoms with Gasteiger partial charge in [0.15, 0.2) is 0 Å². The highest BCUT2D eigenvalue weighted by Crippen LogP contribution is 2.30. The number of methoxy groups -OCH3 is 1. The number of hydrogen-bond donors (Lipinski definition) is 1. The van der Waals surface area contributed by atoms with Gasteiger partial charge in [-0.2, -0.15) is 10.4 Å². The van der Waals surface area contributed by atoms with Crippen LogP contribution in [0.1, 0.15) is 15.9 Å². The van der Waals surface area contributed by atoms with Crippen molar-refractivity contribution in [3.05, 3.63) is 53.7 Å². The molecular weight excluding hydrogens is 318 g/mol. The van der Waals surface area contributed by atoms with E-state index in [1.807, 2.05) is 0 Å². The first kappa shape index (κ1) is 16.2. The molecular formula is C18H15N5O2. The maximum Gasteiger partial charge on any atom is 0.337 e. The smallest absolute Gasteiger partial charge is 0.337 e. The SMILES string of the molecule is COC(=O)c1ccc(-c2cc(-c3ccnn3C)c(C#N)c(N)n2)cc1. The molecule has 0 fully saturated rings. The van der Waals surface area contributed by atoms with Crippen LogP contribution in [0.25, 0.3) is 22.5 Å². The summed E-state index contributed by atoms with van der Waals surface area (Å²) in [5.41, 5.74) is 9.53. The van der Waals surface area contributed by atoms with E-state index in [4.69, 9.17) is 10.5 Å². The number of carbonyl (C=O) groups is 1. The minimum Gasteiger partial charge on any atom is -0.465 e. The van der Waals surface area contributed by atoms with Gasteiger partial charge >= 0.3 is 5.97 Å². The number of anilines is 1. The fourth-order valence-electron chi connectivity index (χ4n) is 2.57. The zero-order valence-corrected chi connectivity index (χ0v) is 13.7. The quantitative estimate of drug-likeness (QED) is 0.738. The van der Waals surface area contributed by atoms with E-state index in [1.165, 1.54) is 7.11 Å². The number of pyridine rings is 1. The number of nitrogen functional groups attached to an aromatic ring is 1. The predicted octanol–water partition coefficient (Wildman–Crippen LogP) is 2.39. The Bertz CT molecular complexity index is 984. The van der Waals surface area contributed by atoms with Crippen molar-refractivity contribution < 1.29 is 9.53 Å². The fourth-order valence-corrected chi connectivity index (χ4v) is 2.57. The van der Waals surface area contributed by atoms with E-state index >= 15 is 0 Å². The van der Waals surface area contributed by atoms with E-state index in [2.05, 4.69) is 16.2 Å². The zero-order valence-electron chi connectivity index (χ0n) is 13.7. The Kier molecular flexibility index (Phi) is 4.18. The molecule has 0 aliphatic heterocycles. The Balaban J connectivity index is 2.12. The number of rotatable bonds is 3. The highest BCUT2D eigenvalue weighted by molar-refractivity contribution is 5.90. The summed E-state index contributed by atoms with van der Waals surface area (Å²) in [6, 6.07) is 12.5. The van der Waals surface area contributed by atoms with Gasteiger partial charge in [-0.25, -0.2) is 9.78 Å². The van der Waals surface area contributed by atoms with E-state index < -0.39 is 5.97 Å². The molecule has 2 heterocycles. The lowest BCUT2D eigenvalue weighted by atomic mass is 10.0. The van der Waals surface area contributed by atoms with E-state index in [-0.39, 0.29) is 5.82 Å². The van der Waals surface area contributed by atoms with E-state index in [9.17, 15) is 10.1 Å². The van der Waals surface area contributed by atoms with Gasteiger partial charge in [0.05, 0.1) is 24.1 Å². The monoisotopic (exact) mass is 333 g/mol. The fraction of sp³-hybridized carbons (Fsp3) is 0.111. The molecule has 0 spiro atoms. The molecule has 124 valence electrons.